The van der Waals surface area contributed by atoms with E-state index in [-0.39, 0.29) is 28.3 Å². The number of aromatic nitrogens is 2. The van der Waals surface area contributed by atoms with Crippen LogP contribution in [0.25, 0.3) is 5.69 Å². The fourth-order valence-corrected chi connectivity index (χ4v) is 8.75. The molecule has 3 heterocycles. The molecule has 1 aromatic heterocycles. The topological polar surface area (TPSA) is 96.3 Å². The Morgan fingerprint density at radius 1 is 0.896 bits per heavy atom. The van der Waals surface area contributed by atoms with E-state index in [1.165, 1.54) is 10.4 Å². The predicted molar refractivity (Wildman–Crippen MR) is 180 cm³/mol. The number of aryl methyl sites for hydroxylation is 1. The van der Waals surface area contributed by atoms with Gasteiger partial charge in [-0.3, -0.25) is 5.32 Å². The normalized spacial score (nSPS) is 20.1. The first-order chi connectivity index (χ1) is 22.6. The highest BCUT2D eigenvalue weighted by atomic mass is 32.2. The number of carbonyl (C=O) groups is 1. The molecular weight excluding hydrogens is 639 g/mol. The molecule has 2 saturated heterocycles. The van der Waals surface area contributed by atoms with E-state index in [0.29, 0.717) is 37.2 Å². The lowest BCUT2D eigenvalue weighted by molar-refractivity contribution is -0.137. The Kier molecular flexibility index (Phi) is 8.93. The van der Waals surface area contributed by atoms with Crippen molar-refractivity contribution < 1.29 is 26.4 Å². The van der Waals surface area contributed by atoms with Crippen molar-refractivity contribution in [2.24, 2.45) is 5.92 Å². The van der Waals surface area contributed by atoms with Crippen molar-refractivity contribution in [2.45, 2.75) is 88.4 Å². The Bertz CT molecular complexity index is 1880. The van der Waals surface area contributed by atoms with Gasteiger partial charge in [0.1, 0.15) is 5.82 Å². The van der Waals surface area contributed by atoms with E-state index in [4.69, 9.17) is 5.10 Å². The van der Waals surface area contributed by atoms with Gasteiger partial charge in [-0.1, -0.05) is 56.7 Å². The van der Waals surface area contributed by atoms with Crippen LogP contribution in [-0.2, 0) is 28.0 Å². The van der Waals surface area contributed by atoms with Gasteiger partial charge in [0.05, 0.1) is 21.8 Å². The number of fused-ring (bicyclic) bond motifs is 2. The fraction of sp³-hybridized carbons (Fsp3) is 0.389. The third kappa shape index (κ3) is 7.14. The van der Waals surface area contributed by atoms with Crippen molar-refractivity contribution in [1.82, 2.24) is 14.1 Å². The van der Waals surface area contributed by atoms with E-state index in [0.717, 1.165) is 47.1 Å². The molecule has 2 bridgehead atoms. The summed E-state index contributed by atoms with van der Waals surface area (Å²) in [6.45, 7) is 8.21. The maximum atomic E-state index is 13.5. The van der Waals surface area contributed by atoms with Crippen molar-refractivity contribution in [2.75, 3.05) is 10.6 Å². The number of anilines is 2. The molecular formula is C36H40F3N5O3S. The summed E-state index contributed by atoms with van der Waals surface area (Å²) < 4.78 is 70.0. The monoisotopic (exact) mass is 679 g/mol. The molecule has 2 aliphatic rings. The molecule has 2 aliphatic heterocycles. The second-order valence-corrected chi connectivity index (χ2v) is 15.8. The van der Waals surface area contributed by atoms with Gasteiger partial charge in [0.25, 0.3) is 0 Å². The number of alkyl halides is 3. The van der Waals surface area contributed by atoms with Crippen LogP contribution >= 0.6 is 0 Å². The van der Waals surface area contributed by atoms with E-state index in [1.807, 2.05) is 61.5 Å². The summed E-state index contributed by atoms with van der Waals surface area (Å²) in [6.07, 6.45) is -1.21. The number of halogens is 3. The number of hydrogen-bond acceptors (Lipinski definition) is 4. The Labute approximate surface area is 279 Å². The maximum Gasteiger partial charge on any atom is 0.416 e. The quantitative estimate of drug-likeness (QED) is 0.205. The smallest absolute Gasteiger partial charge is 0.308 e. The van der Waals surface area contributed by atoms with Gasteiger partial charge in [-0.25, -0.2) is 17.9 Å². The van der Waals surface area contributed by atoms with Crippen LogP contribution < -0.4 is 10.6 Å². The van der Waals surface area contributed by atoms with Gasteiger partial charge >= 0.3 is 12.2 Å². The van der Waals surface area contributed by atoms with Crippen LogP contribution in [-0.4, -0.2) is 40.6 Å². The molecule has 12 heteroatoms. The number of urea groups is 1. The van der Waals surface area contributed by atoms with Gasteiger partial charge in [-0.2, -0.15) is 22.6 Å². The highest BCUT2D eigenvalue weighted by Gasteiger charge is 2.47. The lowest BCUT2D eigenvalue weighted by Crippen LogP contribution is -2.46. The van der Waals surface area contributed by atoms with Crippen molar-refractivity contribution in [1.29, 1.82) is 0 Å². The van der Waals surface area contributed by atoms with E-state index < -0.39 is 27.8 Å². The number of nitrogens with one attached hydrogen (secondary N) is 2. The summed E-state index contributed by atoms with van der Waals surface area (Å²) in [4.78, 5) is 12.8. The average molecular weight is 680 g/mol. The summed E-state index contributed by atoms with van der Waals surface area (Å²) >= 11 is 0. The molecule has 2 fully saturated rings. The number of piperidine rings is 1. The Hall–Kier alpha value is -4.16. The van der Waals surface area contributed by atoms with Crippen LogP contribution in [0, 0.1) is 12.8 Å². The zero-order valence-corrected chi connectivity index (χ0v) is 28.2. The SMILES string of the molecule is Cc1ccc(-n2nc(C(C)(C)C)cc2NC(=O)Nc2ccc(CC3CC4CCC(C3)N4S(=O)(=O)c3cccc(C(F)(F)F)c3)cc2)cc1. The van der Waals surface area contributed by atoms with E-state index >= 15 is 0 Å². The Morgan fingerprint density at radius 3 is 2.15 bits per heavy atom. The summed E-state index contributed by atoms with van der Waals surface area (Å²) in [7, 11) is -4.06. The number of nitrogens with zero attached hydrogens (tertiary/aromatic N) is 3. The number of sulfonamides is 1. The average Bonchev–Trinajstić information content (AvgIpc) is 3.57. The third-order valence-corrected chi connectivity index (χ3v) is 11.2. The minimum Gasteiger partial charge on any atom is -0.308 e. The van der Waals surface area contributed by atoms with Crippen molar-refractivity contribution in [3.63, 3.8) is 0 Å². The summed E-state index contributed by atoms with van der Waals surface area (Å²) in [5.74, 6) is 0.783. The molecule has 2 atom stereocenters. The summed E-state index contributed by atoms with van der Waals surface area (Å²) in [5.41, 5.74) is 3.30. The Morgan fingerprint density at radius 2 is 1.54 bits per heavy atom. The summed E-state index contributed by atoms with van der Waals surface area (Å²) in [6, 6.07) is 20.5. The zero-order chi connectivity index (χ0) is 34.4. The Balaban J connectivity index is 1.08. The fourth-order valence-electron chi connectivity index (χ4n) is 6.82. The standard InChI is InChI=1S/C36H40F3N5O3S/c1-23-8-14-28(15-9-23)43-33(22-32(42-43)35(2,3)4)41-34(45)40-27-12-10-24(11-13-27)18-25-19-29-16-17-30(20-25)44(29)48(46,47)31-7-5-6-26(21-31)36(37,38)39/h5-15,21-22,25,29-30H,16-20H2,1-4H3,(H2,40,41,45). The van der Waals surface area contributed by atoms with Gasteiger partial charge in [0.15, 0.2) is 0 Å². The molecule has 2 amide bonds. The maximum absolute atomic E-state index is 13.5. The van der Waals surface area contributed by atoms with Crippen LogP contribution in [0.2, 0.25) is 0 Å². The molecule has 3 aromatic carbocycles. The number of amides is 2. The molecule has 0 aliphatic carbocycles. The van der Waals surface area contributed by atoms with Gasteiger partial charge < -0.3 is 5.32 Å². The lowest BCUT2D eigenvalue weighted by atomic mass is 9.87. The molecule has 6 rings (SSSR count). The highest BCUT2D eigenvalue weighted by Crippen LogP contribution is 2.43. The van der Waals surface area contributed by atoms with Gasteiger partial charge in [-0.05, 0) is 93.0 Å². The van der Waals surface area contributed by atoms with E-state index in [2.05, 4.69) is 31.4 Å². The van der Waals surface area contributed by atoms with Gasteiger partial charge in [-0.15, -0.1) is 0 Å². The molecule has 2 N–H and O–H groups in total. The number of benzene rings is 3. The first-order valence-electron chi connectivity index (χ1n) is 16.1. The van der Waals surface area contributed by atoms with E-state index in [9.17, 15) is 26.4 Å². The molecule has 0 radical (unpaired) electrons. The molecule has 48 heavy (non-hydrogen) atoms. The third-order valence-electron chi connectivity index (χ3n) is 9.23. The van der Waals surface area contributed by atoms with Gasteiger partial charge in [0, 0.05) is 29.3 Å². The molecule has 0 saturated carbocycles. The minimum atomic E-state index is -4.62. The van der Waals surface area contributed by atoms with Crippen molar-refractivity contribution in [3.8, 4) is 5.69 Å². The van der Waals surface area contributed by atoms with Crippen LogP contribution in [0.4, 0.5) is 29.5 Å². The highest BCUT2D eigenvalue weighted by molar-refractivity contribution is 7.89. The number of hydrogen-bond donors (Lipinski definition) is 2. The molecule has 0 spiro atoms. The van der Waals surface area contributed by atoms with Crippen LogP contribution in [0.1, 0.15) is 68.8 Å². The van der Waals surface area contributed by atoms with E-state index in [1.54, 1.807) is 4.68 Å². The first kappa shape index (κ1) is 33.7. The largest absolute Gasteiger partial charge is 0.416 e. The number of rotatable bonds is 7. The summed E-state index contributed by atoms with van der Waals surface area (Å²) in [5, 5.41) is 10.6. The minimum absolute atomic E-state index is 0.217. The molecule has 4 aromatic rings. The first-order valence-corrected chi connectivity index (χ1v) is 17.6. The van der Waals surface area contributed by atoms with Gasteiger partial charge in [0.2, 0.25) is 10.0 Å². The zero-order valence-electron chi connectivity index (χ0n) is 27.4. The van der Waals surface area contributed by atoms with Crippen LogP contribution in [0.5, 0.6) is 0 Å². The predicted octanol–water partition coefficient (Wildman–Crippen LogP) is 8.32. The van der Waals surface area contributed by atoms with Crippen LogP contribution in [0.15, 0.2) is 83.8 Å². The second kappa shape index (κ2) is 12.7. The lowest BCUT2D eigenvalue weighted by Gasteiger charge is -2.38. The van der Waals surface area contributed by atoms with Crippen LogP contribution in [0.3, 0.4) is 0 Å². The van der Waals surface area contributed by atoms with Crippen molar-refractivity contribution in [3.05, 3.63) is 101 Å². The van der Waals surface area contributed by atoms with Crippen molar-refractivity contribution >= 4 is 27.6 Å². The number of carbonyl (C=O) groups excluding carboxylic acids is 1. The molecule has 2 unspecified atom stereocenters. The molecule has 8 nitrogen and oxygen atoms in total. The molecule has 254 valence electrons. The second-order valence-electron chi connectivity index (χ2n) is 14.0.